The van der Waals surface area contributed by atoms with E-state index in [1.165, 1.54) is 19.2 Å². The molecule has 1 aliphatic rings. The van der Waals surface area contributed by atoms with Crippen LogP contribution in [0.2, 0.25) is 0 Å². The fraction of sp³-hybridized carbons (Fsp3) is 0.389. The molecule has 0 radical (unpaired) electrons. The van der Waals surface area contributed by atoms with Crippen molar-refractivity contribution in [3.63, 3.8) is 0 Å². The molecule has 0 N–H and O–H groups in total. The Labute approximate surface area is 151 Å². The molecule has 1 atom stereocenters. The number of hydrogen-bond acceptors (Lipinski definition) is 7. The number of nitro benzene ring substituents is 1. The minimum atomic E-state index is -0.570. The van der Waals surface area contributed by atoms with Crippen molar-refractivity contribution in [1.29, 1.82) is 0 Å². The lowest BCUT2D eigenvalue weighted by molar-refractivity contribution is -0.384. The normalized spacial score (nSPS) is 19.4. The van der Waals surface area contributed by atoms with Gasteiger partial charge >= 0.3 is 5.97 Å². The quantitative estimate of drug-likeness (QED) is 0.472. The first-order valence-electron chi connectivity index (χ1n) is 8.26. The molecule has 1 unspecified atom stereocenters. The maximum absolute atomic E-state index is 12.0. The molecular formula is C18H20N4O4. The summed E-state index contributed by atoms with van der Waals surface area (Å²) in [6.07, 6.45) is 0.675. The van der Waals surface area contributed by atoms with Gasteiger partial charge in [0.15, 0.2) is 5.82 Å². The number of esters is 1. The molecule has 26 heavy (non-hydrogen) atoms. The number of anilines is 1. The largest absolute Gasteiger partial charge is 0.469 e. The predicted molar refractivity (Wildman–Crippen MR) is 95.8 cm³/mol. The summed E-state index contributed by atoms with van der Waals surface area (Å²) in [6, 6.07) is 8.10. The number of benzene rings is 1. The highest BCUT2D eigenvalue weighted by molar-refractivity contribution is 5.78. The first kappa shape index (κ1) is 17.8. The van der Waals surface area contributed by atoms with E-state index in [2.05, 4.69) is 9.97 Å². The smallest absolute Gasteiger partial charge is 0.313 e. The van der Waals surface area contributed by atoms with Gasteiger partial charge in [0.1, 0.15) is 5.82 Å². The second-order valence-electron chi connectivity index (χ2n) is 6.72. The summed E-state index contributed by atoms with van der Waals surface area (Å²) in [6.45, 7) is 4.91. The molecule has 0 saturated carbocycles. The number of aryl methyl sites for hydroxylation is 1. The fourth-order valence-corrected chi connectivity index (χ4v) is 3.17. The van der Waals surface area contributed by atoms with Gasteiger partial charge in [0.25, 0.3) is 5.69 Å². The third kappa shape index (κ3) is 3.35. The average Bonchev–Trinajstić information content (AvgIpc) is 3.04. The van der Waals surface area contributed by atoms with E-state index in [1.807, 2.05) is 24.8 Å². The number of ether oxygens (including phenoxy) is 1. The Morgan fingerprint density at radius 2 is 2.12 bits per heavy atom. The number of aromatic nitrogens is 2. The lowest BCUT2D eigenvalue weighted by Gasteiger charge is -2.22. The molecule has 2 aromatic rings. The van der Waals surface area contributed by atoms with E-state index < -0.39 is 10.3 Å². The molecule has 1 aliphatic heterocycles. The zero-order chi connectivity index (χ0) is 18.9. The SMILES string of the molecule is COC(=O)C1(C)CCN(c2cc(C)nc(-c3cccc([N+](=O)[O-])c3)n2)C1. The van der Waals surface area contributed by atoms with Crippen molar-refractivity contribution in [3.8, 4) is 11.4 Å². The van der Waals surface area contributed by atoms with Gasteiger partial charge in [-0.2, -0.15) is 0 Å². The third-order valence-electron chi connectivity index (χ3n) is 4.63. The summed E-state index contributed by atoms with van der Waals surface area (Å²) in [4.78, 5) is 33.6. The molecule has 2 heterocycles. The summed E-state index contributed by atoms with van der Waals surface area (Å²) < 4.78 is 4.91. The van der Waals surface area contributed by atoms with Gasteiger partial charge in [-0.05, 0) is 20.3 Å². The van der Waals surface area contributed by atoms with Crippen LogP contribution < -0.4 is 4.90 Å². The Kier molecular flexibility index (Phi) is 4.58. The molecule has 3 rings (SSSR count). The number of methoxy groups -OCH3 is 1. The summed E-state index contributed by atoms with van der Waals surface area (Å²) in [7, 11) is 1.39. The summed E-state index contributed by atoms with van der Waals surface area (Å²) in [5.41, 5.74) is 0.759. The zero-order valence-corrected chi connectivity index (χ0v) is 14.9. The van der Waals surface area contributed by atoms with E-state index in [0.29, 0.717) is 36.7 Å². The highest BCUT2D eigenvalue weighted by Crippen LogP contribution is 2.34. The van der Waals surface area contributed by atoms with Crippen LogP contribution in [0.3, 0.4) is 0 Å². The second kappa shape index (κ2) is 6.70. The molecular weight excluding hydrogens is 336 g/mol. The number of nitro groups is 1. The molecule has 136 valence electrons. The number of carbonyl (C=O) groups excluding carboxylic acids is 1. The minimum Gasteiger partial charge on any atom is -0.469 e. The van der Waals surface area contributed by atoms with Crippen LogP contribution in [0.1, 0.15) is 19.0 Å². The highest BCUT2D eigenvalue weighted by Gasteiger charge is 2.42. The molecule has 8 heteroatoms. The molecule has 0 bridgehead atoms. The van der Waals surface area contributed by atoms with Gasteiger partial charge in [-0.3, -0.25) is 14.9 Å². The van der Waals surface area contributed by atoms with Gasteiger partial charge in [-0.1, -0.05) is 12.1 Å². The van der Waals surface area contributed by atoms with Crippen LogP contribution in [0.15, 0.2) is 30.3 Å². The number of carbonyl (C=O) groups is 1. The van der Waals surface area contributed by atoms with Crippen LogP contribution in [0.4, 0.5) is 11.5 Å². The van der Waals surface area contributed by atoms with E-state index in [9.17, 15) is 14.9 Å². The molecule has 1 saturated heterocycles. The Bertz CT molecular complexity index is 870. The van der Waals surface area contributed by atoms with E-state index in [0.717, 1.165) is 5.69 Å². The van der Waals surface area contributed by atoms with E-state index >= 15 is 0 Å². The van der Waals surface area contributed by atoms with E-state index in [-0.39, 0.29) is 11.7 Å². The maximum Gasteiger partial charge on any atom is 0.313 e. The minimum absolute atomic E-state index is 0.00593. The molecule has 0 spiro atoms. The molecule has 1 fully saturated rings. The molecule has 1 aromatic heterocycles. The fourth-order valence-electron chi connectivity index (χ4n) is 3.17. The van der Waals surface area contributed by atoms with Gasteiger partial charge in [0, 0.05) is 42.5 Å². The number of non-ortho nitro benzene ring substituents is 1. The van der Waals surface area contributed by atoms with Crippen molar-refractivity contribution in [2.24, 2.45) is 5.41 Å². The number of hydrogen-bond donors (Lipinski definition) is 0. The van der Waals surface area contributed by atoms with Gasteiger partial charge in [-0.25, -0.2) is 9.97 Å². The maximum atomic E-state index is 12.0. The van der Waals surface area contributed by atoms with Crippen molar-refractivity contribution in [1.82, 2.24) is 9.97 Å². The number of rotatable bonds is 4. The summed E-state index contributed by atoms with van der Waals surface area (Å²) >= 11 is 0. The van der Waals surface area contributed by atoms with E-state index in [1.54, 1.807) is 12.1 Å². The van der Waals surface area contributed by atoms with Gasteiger partial charge in [0.2, 0.25) is 0 Å². The average molecular weight is 356 g/mol. The Balaban J connectivity index is 1.93. The molecule has 0 amide bonds. The van der Waals surface area contributed by atoms with Crippen LogP contribution >= 0.6 is 0 Å². The second-order valence-corrected chi connectivity index (χ2v) is 6.72. The van der Waals surface area contributed by atoms with Crippen molar-refractivity contribution in [2.75, 3.05) is 25.1 Å². The summed E-state index contributed by atoms with van der Waals surface area (Å²) in [5.74, 6) is 0.895. The van der Waals surface area contributed by atoms with Gasteiger partial charge in [-0.15, -0.1) is 0 Å². The van der Waals surface area contributed by atoms with Crippen LogP contribution in [-0.4, -0.2) is 41.1 Å². The van der Waals surface area contributed by atoms with Crippen LogP contribution in [0, 0.1) is 22.5 Å². The molecule has 1 aromatic carbocycles. The standard InChI is InChI=1S/C18H20N4O4/c1-12-9-15(21-8-7-18(2,11-21)17(23)26-3)20-16(19-12)13-5-4-6-14(10-13)22(24)25/h4-6,9-10H,7-8,11H2,1-3H3. The predicted octanol–water partition coefficient (Wildman–Crippen LogP) is 2.75. The first-order valence-corrected chi connectivity index (χ1v) is 8.26. The topological polar surface area (TPSA) is 98.5 Å². The zero-order valence-electron chi connectivity index (χ0n) is 14.9. The first-order chi connectivity index (χ1) is 12.3. The van der Waals surface area contributed by atoms with Gasteiger partial charge in [0.05, 0.1) is 17.4 Å². The number of nitrogens with zero attached hydrogens (tertiary/aromatic N) is 4. The van der Waals surface area contributed by atoms with E-state index in [4.69, 9.17) is 4.74 Å². The van der Waals surface area contributed by atoms with Crippen LogP contribution in [0.25, 0.3) is 11.4 Å². The van der Waals surface area contributed by atoms with Crippen molar-refractivity contribution >= 4 is 17.5 Å². The van der Waals surface area contributed by atoms with Crippen LogP contribution in [0.5, 0.6) is 0 Å². The lowest BCUT2D eigenvalue weighted by atomic mass is 9.90. The lowest BCUT2D eigenvalue weighted by Crippen LogP contribution is -2.33. The van der Waals surface area contributed by atoms with Crippen molar-refractivity contribution < 1.29 is 14.5 Å². The van der Waals surface area contributed by atoms with Gasteiger partial charge < -0.3 is 9.64 Å². The Morgan fingerprint density at radius 3 is 2.81 bits per heavy atom. The Hall–Kier alpha value is -3.03. The highest BCUT2D eigenvalue weighted by atomic mass is 16.6. The monoisotopic (exact) mass is 356 g/mol. The van der Waals surface area contributed by atoms with Crippen molar-refractivity contribution in [2.45, 2.75) is 20.3 Å². The summed E-state index contributed by atoms with van der Waals surface area (Å²) in [5, 5.41) is 11.0. The molecule has 0 aliphatic carbocycles. The van der Waals surface area contributed by atoms with Crippen molar-refractivity contribution in [3.05, 3.63) is 46.1 Å². The van der Waals surface area contributed by atoms with Crippen LogP contribution in [-0.2, 0) is 9.53 Å². The Morgan fingerprint density at radius 1 is 1.35 bits per heavy atom. The third-order valence-corrected chi connectivity index (χ3v) is 4.63. The molecule has 8 nitrogen and oxygen atoms in total.